The summed E-state index contributed by atoms with van der Waals surface area (Å²) in [6.07, 6.45) is 4.80. The van der Waals surface area contributed by atoms with Crippen LogP contribution in [0.4, 0.5) is 0 Å². The number of carbonyl (C=O) groups excluding carboxylic acids is 1. The van der Waals surface area contributed by atoms with E-state index in [1.807, 2.05) is 7.05 Å². The monoisotopic (exact) mass is 257 g/mol. The van der Waals surface area contributed by atoms with Crippen molar-refractivity contribution >= 4 is 5.91 Å². The Morgan fingerprint density at radius 2 is 2.28 bits per heavy atom. The maximum Gasteiger partial charge on any atom is 0.223 e. The van der Waals surface area contributed by atoms with Gasteiger partial charge in [-0.05, 0) is 32.4 Å². The van der Waals surface area contributed by atoms with Crippen LogP contribution >= 0.6 is 0 Å². The summed E-state index contributed by atoms with van der Waals surface area (Å²) in [5, 5.41) is 9.30. The van der Waals surface area contributed by atoms with Crippen molar-refractivity contribution in [2.45, 2.75) is 38.1 Å². The molecule has 5 heteroatoms. The van der Waals surface area contributed by atoms with Gasteiger partial charge in [0, 0.05) is 32.6 Å². The first-order valence-corrected chi connectivity index (χ1v) is 6.98. The van der Waals surface area contributed by atoms with Gasteiger partial charge < -0.3 is 15.7 Å². The first kappa shape index (κ1) is 15.4. The molecule has 0 saturated carbocycles. The van der Waals surface area contributed by atoms with E-state index in [0.717, 1.165) is 32.5 Å². The van der Waals surface area contributed by atoms with E-state index in [9.17, 15) is 9.90 Å². The highest BCUT2D eigenvalue weighted by molar-refractivity contribution is 5.76. The average Bonchev–Trinajstić information content (AvgIpc) is 2.42. The molecular weight excluding hydrogens is 230 g/mol. The quantitative estimate of drug-likeness (QED) is 0.675. The van der Waals surface area contributed by atoms with E-state index in [2.05, 4.69) is 4.90 Å². The predicted molar refractivity (Wildman–Crippen MR) is 72.2 cm³/mol. The van der Waals surface area contributed by atoms with Crippen LogP contribution in [0.2, 0.25) is 0 Å². The molecule has 1 heterocycles. The van der Waals surface area contributed by atoms with Crippen molar-refractivity contribution in [2.24, 2.45) is 5.73 Å². The van der Waals surface area contributed by atoms with Gasteiger partial charge in [0.2, 0.25) is 5.91 Å². The first-order valence-electron chi connectivity index (χ1n) is 6.98. The summed E-state index contributed by atoms with van der Waals surface area (Å²) in [4.78, 5) is 15.9. The minimum absolute atomic E-state index is 0.172. The number of piperidine rings is 1. The fourth-order valence-corrected chi connectivity index (χ4v) is 2.44. The second-order valence-corrected chi connectivity index (χ2v) is 5.08. The molecule has 1 unspecified atom stereocenters. The Morgan fingerprint density at radius 3 is 2.94 bits per heavy atom. The van der Waals surface area contributed by atoms with Crippen molar-refractivity contribution in [3.63, 3.8) is 0 Å². The van der Waals surface area contributed by atoms with Gasteiger partial charge in [0.1, 0.15) is 0 Å². The third-order valence-corrected chi connectivity index (χ3v) is 3.70. The second-order valence-electron chi connectivity index (χ2n) is 5.08. The molecule has 1 saturated heterocycles. The summed E-state index contributed by atoms with van der Waals surface area (Å²) in [5.74, 6) is 0.172. The zero-order chi connectivity index (χ0) is 13.4. The van der Waals surface area contributed by atoms with Crippen LogP contribution in [0.5, 0.6) is 0 Å². The molecule has 1 atom stereocenters. The third-order valence-electron chi connectivity index (χ3n) is 3.70. The Morgan fingerprint density at radius 1 is 1.50 bits per heavy atom. The second kappa shape index (κ2) is 8.45. The van der Waals surface area contributed by atoms with Gasteiger partial charge in [-0.25, -0.2) is 0 Å². The molecule has 0 bridgehead atoms. The number of aliphatic hydroxyl groups excluding tert-OH is 1. The number of nitrogens with zero attached hydrogens (tertiary/aromatic N) is 2. The molecule has 0 aliphatic carbocycles. The van der Waals surface area contributed by atoms with Crippen LogP contribution in [0.15, 0.2) is 0 Å². The van der Waals surface area contributed by atoms with Crippen molar-refractivity contribution < 1.29 is 9.90 Å². The van der Waals surface area contributed by atoms with Crippen LogP contribution in [0.25, 0.3) is 0 Å². The average molecular weight is 257 g/mol. The van der Waals surface area contributed by atoms with Gasteiger partial charge in [0.15, 0.2) is 0 Å². The zero-order valence-corrected chi connectivity index (χ0v) is 11.5. The van der Waals surface area contributed by atoms with Crippen LogP contribution in [-0.4, -0.2) is 66.7 Å². The van der Waals surface area contributed by atoms with E-state index in [-0.39, 0.29) is 18.6 Å². The van der Waals surface area contributed by atoms with Crippen molar-refractivity contribution in [3.8, 4) is 0 Å². The molecule has 18 heavy (non-hydrogen) atoms. The number of hydrogen-bond donors (Lipinski definition) is 2. The molecule has 0 aromatic carbocycles. The van der Waals surface area contributed by atoms with E-state index in [1.54, 1.807) is 4.90 Å². The Kier molecular flexibility index (Phi) is 7.23. The van der Waals surface area contributed by atoms with Gasteiger partial charge in [0.25, 0.3) is 0 Å². The molecule has 0 aromatic rings. The molecule has 1 aliphatic heterocycles. The first-order chi connectivity index (χ1) is 8.69. The molecule has 1 fully saturated rings. The maximum absolute atomic E-state index is 11.9. The summed E-state index contributed by atoms with van der Waals surface area (Å²) >= 11 is 0. The van der Waals surface area contributed by atoms with Gasteiger partial charge in [0.05, 0.1) is 6.61 Å². The highest BCUT2D eigenvalue weighted by Crippen LogP contribution is 2.16. The molecule has 0 spiro atoms. The van der Waals surface area contributed by atoms with Crippen molar-refractivity contribution in [1.29, 1.82) is 0 Å². The van der Waals surface area contributed by atoms with Gasteiger partial charge >= 0.3 is 0 Å². The van der Waals surface area contributed by atoms with Crippen molar-refractivity contribution in [3.05, 3.63) is 0 Å². The van der Waals surface area contributed by atoms with E-state index in [4.69, 9.17) is 5.73 Å². The molecule has 0 aromatic heterocycles. The highest BCUT2D eigenvalue weighted by Gasteiger charge is 2.22. The number of aliphatic hydroxyl groups is 1. The maximum atomic E-state index is 11.9. The summed E-state index contributed by atoms with van der Waals surface area (Å²) in [6.45, 7) is 3.33. The Hall–Kier alpha value is -0.650. The molecular formula is C13H27N3O2. The third kappa shape index (κ3) is 4.92. The van der Waals surface area contributed by atoms with Gasteiger partial charge in [-0.15, -0.1) is 0 Å². The largest absolute Gasteiger partial charge is 0.395 e. The number of amides is 1. The lowest BCUT2D eigenvalue weighted by Gasteiger charge is -2.34. The smallest absolute Gasteiger partial charge is 0.223 e. The SMILES string of the molecule is CN(CCCN)C(=O)CCN1CCCCC1CO. The molecule has 1 aliphatic rings. The topological polar surface area (TPSA) is 69.8 Å². The number of hydrogen-bond acceptors (Lipinski definition) is 4. The number of likely N-dealkylation sites (tertiary alicyclic amines) is 1. The standard InChI is InChI=1S/C13H27N3O2/c1-15(8-4-7-14)13(18)6-10-16-9-3-2-5-12(16)11-17/h12,17H,2-11,14H2,1H3. The molecule has 1 rings (SSSR count). The lowest BCUT2D eigenvalue weighted by molar-refractivity contribution is -0.130. The van der Waals surface area contributed by atoms with Crippen molar-refractivity contribution in [1.82, 2.24) is 9.80 Å². The minimum atomic E-state index is 0.172. The van der Waals surface area contributed by atoms with E-state index in [0.29, 0.717) is 13.0 Å². The van der Waals surface area contributed by atoms with Crippen LogP contribution in [0.1, 0.15) is 32.1 Å². The van der Waals surface area contributed by atoms with Gasteiger partial charge in [-0.2, -0.15) is 0 Å². The van der Waals surface area contributed by atoms with Crippen LogP contribution in [0.3, 0.4) is 0 Å². The summed E-state index contributed by atoms with van der Waals surface area (Å²) in [5.41, 5.74) is 5.43. The van der Waals surface area contributed by atoms with Crippen LogP contribution in [0, 0.1) is 0 Å². The van der Waals surface area contributed by atoms with Crippen LogP contribution < -0.4 is 5.73 Å². The number of rotatable bonds is 7. The molecule has 3 N–H and O–H groups in total. The van der Waals surface area contributed by atoms with E-state index in [1.165, 1.54) is 12.8 Å². The lowest BCUT2D eigenvalue weighted by Crippen LogP contribution is -2.43. The van der Waals surface area contributed by atoms with Crippen LogP contribution in [-0.2, 0) is 4.79 Å². The highest BCUT2D eigenvalue weighted by atomic mass is 16.3. The number of carbonyl (C=O) groups is 1. The summed E-state index contributed by atoms with van der Waals surface area (Å²) < 4.78 is 0. The Balaban J connectivity index is 2.27. The zero-order valence-electron chi connectivity index (χ0n) is 11.5. The molecule has 0 radical (unpaired) electrons. The van der Waals surface area contributed by atoms with Gasteiger partial charge in [-0.1, -0.05) is 6.42 Å². The minimum Gasteiger partial charge on any atom is -0.395 e. The van der Waals surface area contributed by atoms with E-state index >= 15 is 0 Å². The normalized spacial score (nSPS) is 20.9. The molecule has 106 valence electrons. The Bertz CT molecular complexity index is 248. The summed E-state index contributed by atoms with van der Waals surface area (Å²) in [7, 11) is 1.83. The Labute approximate surface area is 110 Å². The predicted octanol–water partition coefficient (Wildman–Crippen LogP) is 0.0305. The molecule has 1 amide bonds. The number of nitrogens with two attached hydrogens (primary N) is 1. The fraction of sp³-hybridized carbons (Fsp3) is 0.923. The summed E-state index contributed by atoms with van der Waals surface area (Å²) in [6, 6.07) is 0.251. The van der Waals surface area contributed by atoms with E-state index < -0.39 is 0 Å². The van der Waals surface area contributed by atoms with Crippen molar-refractivity contribution in [2.75, 3.05) is 39.8 Å². The van der Waals surface area contributed by atoms with Gasteiger partial charge in [-0.3, -0.25) is 9.69 Å². The molecule has 5 nitrogen and oxygen atoms in total. The fourth-order valence-electron chi connectivity index (χ4n) is 2.44. The lowest BCUT2D eigenvalue weighted by atomic mass is 10.0.